The Bertz CT molecular complexity index is 641. The zero-order chi connectivity index (χ0) is 14.8. The molecule has 0 radical (unpaired) electrons. The zero-order valence-corrected chi connectivity index (χ0v) is 12.3. The van der Waals surface area contributed by atoms with E-state index in [0.717, 1.165) is 5.56 Å². The molecular formula is C14H15ClN4O2. The quantitative estimate of drug-likeness (QED) is 0.921. The molecule has 1 amide bonds. The van der Waals surface area contributed by atoms with Crippen molar-refractivity contribution in [2.24, 2.45) is 0 Å². The molecule has 21 heavy (non-hydrogen) atoms. The third-order valence-electron chi connectivity index (χ3n) is 3.38. The van der Waals surface area contributed by atoms with Gasteiger partial charge in [-0.05, 0) is 24.6 Å². The molecule has 3 rings (SSSR count). The van der Waals surface area contributed by atoms with E-state index in [0.29, 0.717) is 30.5 Å². The minimum atomic E-state index is -0.179. The lowest BCUT2D eigenvalue weighted by Crippen LogP contribution is -2.42. The Balaban J connectivity index is 1.73. The van der Waals surface area contributed by atoms with Gasteiger partial charge in [0, 0.05) is 11.6 Å². The molecule has 6 nitrogen and oxygen atoms in total. The second-order valence-electron chi connectivity index (χ2n) is 4.91. The highest BCUT2D eigenvalue weighted by Gasteiger charge is 2.27. The summed E-state index contributed by atoms with van der Waals surface area (Å²) in [4.78, 5) is 18.1. The Hall–Kier alpha value is -1.92. The van der Waals surface area contributed by atoms with Gasteiger partial charge in [-0.3, -0.25) is 9.89 Å². The average Bonchev–Trinajstić information content (AvgIpc) is 2.94. The van der Waals surface area contributed by atoms with Gasteiger partial charge < -0.3 is 9.64 Å². The number of hydrogen-bond acceptors (Lipinski definition) is 4. The number of aromatic amines is 1. The SMILES string of the molecule is Cc1nc(C(=O)N2CCOC(c3ccc(Cl)cc3)C2)n[nH]1. The number of H-pyrrole nitrogens is 1. The topological polar surface area (TPSA) is 71.1 Å². The van der Waals surface area contributed by atoms with Crippen LogP contribution < -0.4 is 0 Å². The summed E-state index contributed by atoms with van der Waals surface area (Å²) in [5, 5.41) is 7.28. The minimum absolute atomic E-state index is 0.153. The number of carbonyl (C=O) groups is 1. The third kappa shape index (κ3) is 3.06. The van der Waals surface area contributed by atoms with E-state index in [-0.39, 0.29) is 17.8 Å². The molecule has 1 aromatic carbocycles. The standard InChI is InChI=1S/C14H15ClN4O2/c1-9-16-13(18-17-9)14(20)19-6-7-21-12(8-19)10-2-4-11(15)5-3-10/h2-5,12H,6-8H2,1H3,(H,16,17,18). The molecule has 7 heteroatoms. The first-order valence-electron chi connectivity index (χ1n) is 6.69. The molecule has 0 bridgehead atoms. The molecular weight excluding hydrogens is 292 g/mol. The zero-order valence-electron chi connectivity index (χ0n) is 11.5. The number of amides is 1. The summed E-state index contributed by atoms with van der Waals surface area (Å²) in [6.07, 6.45) is -0.153. The number of rotatable bonds is 2. The highest BCUT2D eigenvalue weighted by atomic mass is 35.5. The van der Waals surface area contributed by atoms with E-state index < -0.39 is 0 Å². The first kappa shape index (κ1) is 14.0. The van der Waals surface area contributed by atoms with E-state index in [2.05, 4.69) is 15.2 Å². The molecule has 1 aliphatic rings. The predicted octanol–water partition coefficient (Wildman–Crippen LogP) is 1.98. The van der Waals surface area contributed by atoms with Crippen LogP contribution in [0.25, 0.3) is 0 Å². The van der Waals surface area contributed by atoms with Crippen LogP contribution in [0.5, 0.6) is 0 Å². The van der Waals surface area contributed by atoms with Crippen LogP contribution in [0.1, 0.15) is 28.1 Å². The molecule has 1 aliphatic heterocycles. The summed E-state index contributed by atoms with van der Waals surface area (Å²) in [5.41, 5.74) is 1.00. The molecule has 1 fully saturated rings. The Labute approximate surface area is 127 Å². The molecule has 1 saturated heterocycles. The van der Waals surface area contributed by atoms with Gasteiger partial charge in [-0.15, -0.1) is 5.10 Å². The lowest BCUT2D eigenvalue weighted by atomic mass is 10.1. The fourth-order valence-corrected chi connectivity index (χ4v) is 2.42. The number of nitrogens with zero attached hydrogens (tertiary/aromatic N) is 3. The van der Waals surface area contributed by atoms with Gasteiger partial charge in [0.1, 0.15) is 11.9 Å². The maximum absolute atomic E-state index is 12.3. The van der Waals surface area contributed by atoms with Gasteiger partial charge in [0.2, 0.25) is 5.82 Å². The predicted molar refractivity (Wildman–Crippen MR) is 77.2 cm³/mol. The first-order valence-corrected chi connectivity index (χ1v) is 7.06. The minimum Gasteiger partial charge on any atom is -0.370 e. The summed E-state index contributed by atoms with van der Waals surface area (Å²) < 4.78 is 5.74. The average molecular weight is 307 g/mol. The number of nitrogens with one attached hydrogen (secondary N) is 1. The second kappa shape index (κ2) is 5.83. The van der Waals surface area contributed by atoms with E-state index in [1.165, 1.54) is 0 Å². The van der Waals surface area contributed by atoms with Crippen molar-refractivity contribution in [2.45, 2.75) is 13.0 Å². The van der Waals surface area contributed by atoms with E-state index in [4.69, 9.17) is 16.3 Å². The van der Waals surface area contributed by atoms with Crippen LogP contribution in [0.4, 0.5) is 0 Å². The first-order chi connectivity index (χ1) is 10.1. The molecule has 2 aromatic rings. The van der Waals surface area contributed by atoms with Crippen molar-refractivity contribution in [3.63, 3.8) is 0 Å². The van der Waals surface area contributed by atoms with Crippen LogP contribution in [0.2, 0.25) is 5.02 Å². The van der Waals surface area contributed by atoms with Crippen molar-refractivity contribution in [2.75, 3.05) is 19.7 Å². The van der Waals surface area contributed by atoms with Crippen molar-refractivity contribution in [1.82, 2.24) is 20.1 Å². The van der Waals surface area contributed by atoms with E-state index >= 15 is 0 Å². The Morgan fingerprint density at radius 1 is 1.43 bits per heavy atom. The number of morpholine rings is 1. The summed E-state index contributed by atoms with van der Waals surface area (Å²) in [5.74, 6) is 0.645. The second-order valence-corrected chi connectivity index (χ2v) is 5.34. The Morgan fingerprint density at radius 3 is 2.86 bits per heavy atom. The molecule has 1 N–H and O–H groups in total. The van der Waals surface area contributed by atoms with E-state index in [1.54, 1.807) is 11.8 Å². The summed E-state index contributed by atoms with van der Waals surface area (Å²) in [6.45, 7) is 3.27. The molecule has 1 aromatic heterocycles. The van der Waals surface area contributed by atoms with Crippen molar-refractivity contribution >= 4 is 17.5 Å². The number of ether oxygens (including phenoxy) is 1. The van der Waals surface area contributed by atoms with Crippen molar-refractivity contribution < 1.29 is 9.53 Å². The molecule has 0 spiro atoms. The molecule has 0 saturated carbocycles. The molecule has 0 aliphatic carbocycles. The van der Waals surface area contributed by atoms with E-state index in [9.17, 15) is 4.79 Å². The van der Waals surface area contributed by atoms with Crippen molar-refractivity contribution in [3.8, 4) is 0 Å². The monoisotopic (exact) mass is 306 g/mol. The van der Waals surface area contributed by atoms with Crippen molar-refractivity contribution in [1.29, 1.82) is 0 Å². The lowest BCUT2D eigenvalue weighted by Gasteiger charge is -2.32. The third-order valence-corrected chi connectivity index (χ3v) is 3.64. The van der Waals surface area contributed by atoms with Gasteiger partial charge in [0.05, 0.1) is 13.2 Å². The largest absolute Gasteiger partial charge is 0.370 e. The van der Waals surface area contributed by atoms with E-state index in [1.807, 2.05) is 24.3 Å². The van der Waals surface area contributed by atoms with Crippen LogP contribution >= 0.6 is 11.6 Å². The summed E-state index contributed by atoms with van der Waals surface area (Å²) in [7, 11) is 0. The summed E-state index contributed by atoms with van der Waals surface area (Å²) >= 11 is 5.89. The Morgan fingerprint density at radius 2 is 2.19 bits per heavy atom. The number of benzene rings is 1. The molecule has 1 unspecified atom stereocenters. The molecule has 110 valence electrons. The molecule has 1 atom stereocenters. The van der Waals surface area contributed by atoms with Gasteiger partial charge >= 0.3 is 0 Å². The van der Waals surface area contributed by atoms with Gasteiger partial charge in [0.15, 0.2) is 0 Å². The number of aryl methyl sites for hydroxylation is 1. The van der Waals surface area contributed by atoms with Crippen LogP contribution in [-0.4, -0.2) is 45.7 Å². The fourth-order valence-electron chi connectivity index (χ4n) is 2.29. The number of hydrogen-bond donors (Lipinski definition) is 1. The fraction of sp³-hybridized carbons (Fsp3) is 0.357. The smallest absolute Gasteiger partial charge is 0.293 e. The van der Waals surface area contributed by atoms with Gasteiger partial charge in [0.25, 0.3) is 5.91 Å². The van der Waals surface area contributed by atoms with Gasteiger partial charge in [-0.2, -0.15) is 0 Å². The van der Waals surface area contributed by atoms with Crippen molar-refractivity contribution in [3.05, 3.63) is 46.5 Å². The normalized spacial score (nSPS) is 18.8. The highest BCUT2D eigenvalue weighted by Crippen LogP contribution is 2.24. The number of halogens is 1. The van der Waals surface area contributed by atoms with Gasteiger partial charge in [-0.25, -0.2) is 4.98 Å². The maximum atomic E-state index is 12.3. The van der Waals surface area contributed by atoms with Crippen LogP contribution in [-0.2, 0) is 4.74 Å². The highest BCUT2D eigenvalue weighted by molar-refractivity contribution is 6.30. The maximum Gasteiger partial charge on any atom is 0.293 e. The lowest BCUT2D eigenvalue weighted by molar-refractivity contribution is -0.0232. The number of aromatic nitrogens is 3. The van der Waals surface area contributed by atoms with Crippen LogP contribution in [0.15, 0.2) is 24.3 Å². The van der Waals surface area contributed by atoms with Crippen LogP contribution in [0, 0.1) is 6.92 Å². The summed E-state index contributed by atoms with van der Waals surface area (Å²) in [6, 6.07) is 7.47. The van der Waals surface area contributed by atoms with Gasteiger partial charge in [-0.1, -0.05) is 23.7 Å². The number of carbonyl (C=O) groups excluding carboxylic acids is 1. The molecule has 2 heterocycles. The van der Waals surface area contributed by atoms with Crippen LogP contribution in [0.3, 0.4) is 0 Å². The Kier molecular flexibility index (Phi) is 3.90.